The molecule has 1 rings (SSSR count). The molecule has 1 fully saturated rings. The van der Waals surface area contributed by atoms with Gasteiger partial charge in [-0.15, -0.1) is 0 Å². The third-order valence-corrected chi connectivity index (χ3v) is 3.84. The van der Waals surface area contributed by atoms with Gasteiger partial charge in [0.1, 0.15) is 0 Å². The summed E-state index contributed by atoms with van der Waals surface area (Å²) >= 11 is 0. The van der Waals surface area contributed by atoms with Gasteiger partial charge in [0.2, 0.25) is 0 Å². The summed E-state index contributed by atoms with van der Waals surface area (Å²) in [6.45, 7) is 12.5. The average molecular weight is 223 g/mol. The largest absolute Gasteiger partial charge is 0.311 e. The molecule has 0 bridgehead atoms. The minimum absolute atomic E-state index is 0.582. The zero-order valence-electron chi connectivity index (χ0n) is 11.8. The minimum atomic E-state index is 0.582. The highest BCUT2D eigenvalue weighted by molar-refractivity contribution is 5.04. The van der Waals surface area contributed by atoms with Gasteiger partial charge in [-0.25, -0.2) is 0 Å². The second kappa shape index (κ2) is 5.86. The van der Waals surface area contributed by atoms with E-state index >= 15 is 0 Å². The Bertz CT molecular complexity index is 226. The van der Waals surface area contributed by atoms with Gasteiger partial charge in [-0.1, -0.05) is 32.4 Å². The summed E-state index contributed by atoms with van der Waals surface area (Å²) in [6.07, 6.45) is 7.96. The molecule has 0 aromatic heterocycles. The molecule has 0 saturated heterocycles. The van der Waals surface area contributed by atoms with E-state index in [9.17, 15) is 0 Å². The van der Waals surface area contributed by atoms with Gasteiger partial charge in [-0.3, -0.25) is 0 Å². The number of rotatable bonds is 4. The summed E-state index contributed by atoms with van der Waals surface area (Å²) in [5.74, 6) is 0.850. The Labute approximate surface area is 102 Å². The van der Waals surface area contributed by atoms with Crippen LogP contribution in [0.5, 0.6) is 0 Å². The van der Waals surface area contributed by atoms with Crippen molar-refractivity contribution in [3.05, 3.63) is 11.6 Å². The molecule has 94 valence electrons. The number of nitrogens with one attached hydrogen (secondary N) is 1. The number of allylic oxidation sites excluding steroid dienone is 1. The fourth-order valence-corrected chi connectivity index (χ4v) is 2.74. The van der Waals surface area contributed by atoms with Crippen molar-refractivity contribution in [2.24, 2.45) is 11.3 Å². The third-order valence-electron chi connectivity index (χ3n) is 3.84. The summed E-state index contributed by atoms with van der Waals surface area (Å²) in [7, 11) is 0. The maximum atomic E-state index is 3.63. The van der Waals surface area contributed by atoms with E-state index < -0.39 is 0 Å². The zero-order chi connectivity index (χ0) is 12.2. The Kier molecular flexibility index (Phi) is 5.04. The lowest BCUT2D eigenvalue weighted by Gasteiger charge is -2.37. The highest BCUT2D eigenvalue weighted by Crippen LogP contribution is 2.39. The molecule has 0 heterocycles. The van der Waals surface area contributed by atoms with E-state index in [0.29, 0.717) is 11.5 Å². The second-order valence-corrected chi connectivity index (χ2v) is 6.33. The van der Waals surface area contributed by atoms with Crippen molar-refractivity contribution in [2.45, 2.75) is 66.3 Å². The van der Waals surface area contributed by atoms with Gasteiger partial charge in [0.25, 0.3) is 0 Å². The fraction of sp³-hybridized carbons (Fsp3) is 0.867. The second-order valence-electron chi connectivity index (χ2n) is 6.33. The molecule has 0 aliphatic heterocycles. The van der Waals surface area contributed by atoms with Crippen molar-refractivity contribution in [1.82, 2.24) is 5.32 Å². The van der Waals surface area contributed by atoms with Gasteiger partial charge in [0.05, 0.1) is 0 Å². The van der Waals surface area contributed by atoms with Gasteiger partial charge in [0.15, 0.2) is 0 Å². The van der Waals surface area contributed by atoms with Crippen molar-refractivity contribution >= 4 is 0 Å². The van der Waals surface area contributed by atoms with Crippen LogP contribution in [0.2, 0.25) is 0 Å². The molecule has 0 aromatic rings. The van der Waals surface area contributed by atoms with E-state index in [-0.39, 0.29) is 0 Å². The van der Waals surface area contributed by atoms with Crippen LogP contribution in [0.3, 0.4) is 0 Å². The molecular formula is C15H29N. The van der Waals surface area contributed by atoms with Crippen molar-refractivity contribution in [2.75, 3.05) is 6.54 Å². The Hall–Kier alpha value is -0.300. The van der Waals surface area contributed by atoms with Crippen molar-refractivity contribution in [3.63, 3.8) is 0 Å². The normalized spacial score (nSPS) is 22.8. The lowest BCUT2D eigenvalue weighted by Crippen LogP contribution is -2.38. The summed E-state index contributed by atoms with van der Waals surface area (Å²) in [5.41, 5.74) is 2.02. The summed E-state index contributed by atoms with van der Waals surface area (Å²) in [5, 5.41) is 3.63. The molecule has 0 spiro atoms. The molecule has 0 radical (unpaired) electrons. The maximum absolute atomic E-state index is 3.63. The minimum Gasteiger partial charge on any atom is -0.311 e. The van der Waals surface area contributed by atoms with E-state index in [1.165, 1.54) is 31.3 Å². The van der Waals surface area contributed by atoms with Crippen molar-refractivity contribution < 1.29 is 0 Å². The predicted molar refractivity (Wildman–Crippen MR) is 72.6 cm³/mol. The summed E-state index contributed by atoms with van der Waals surface area (Å²) in [6, 6.07) is 0.603. The van der Waals surface area contributed by atoms with E-state index in [4.69, 9.17) is 0 Å². The Balaban J connectivity index is 2.56. The Morgan fingerprint density at radius 1 is 1.31 bits per heavy atom. The predicted octanol–water partition coefficient (Wildman–Crippen LogP) is 4.15. The first-order chi connectivity index (χ1) is 7.44. The number of likely N-dealkylation sites (N-methyl/N-ethyl adjacent to an activating group) is 1. The van der Waals surface area contributed by atoms with Crippen LogP contribution in [-0.4, -0.2) is 12.6 Å². The zero-order valence-corrected chi connectivity index (χ0v) is 11.8. The van der Waals surface area contributed by atoms with Crippen LogP contribution in [0.1, 0.15) is 60.3 Å². The van der Waals surface area contributed by atoms with Crippen LogP contribution in [0.4, 0.5) is 0 Å². The molecule has 16 heavy (non-hydrogen) atoms. The van der Waals surface area contributed by atoms with Crippen LogP contribution in [0.25, 0.3) is 0 Å². The standard InChI is InChI=1S/C15H29N/c1-6-16-14(11-12(2)3)13-7-9-15(4,5)10-8-13/h11,13-14,16H,6-10H2,1-5H3. The van der Waals surface area contributed by atoms with Gasteiger partial charge in [0, 0.05) is 6.04 Å². The lowest BCUT2D eigenvalue weighted by molar-refractivity contribution is 0.174. The monoisotopic (exact) mass is 223 g/mol. The molecule has 0 aromatic carbocycles. The first-order valence-electron chi connectivity index (χ1n) is 6.83. The fourth-order valence-electron chi connectivity index (χ4n) is 2.74. The Morgan fingerprint density at radius 2 is 1.88 bits per heavy atom. The van der Waals surface area contributed by atoms with Crippen LogP contribution in [0, 0.1) is 11.3 Å². The molecular weight excluding hydrogens is 194 g/mol. The maximum Gasteiger partial charge on any atom is 0.0280 e. The summed E-state index contributed by atoms with van der Waals surface area (Å²) < 4.78 is 0. The molecule has 1 N–H and O–H groups in total. The van der Waals surface area contributed by atoms with Gasteiger partial charge in [-0.2, -0.15) is 0 Å². The van der Waals surface area contributed by atoms with E-state index in [2.05, 4.69) is 46.0 Å². The molecule has 1 saturated carbocycles. The molecule has 1 atom stereocenters. The number of hydrogen-bond donors (Lipinski definition) is 1. The quantitative estimate of drug-likeness (QED) is 0.706. The first-order valence-corrected chi connectivity index (χ1v) is 6.83. The van der Waals surface area contributed by atoms with Gasteiger partial charge in [-0.05, 0) is 57.4 Å². The van der Waals surface area contributed by atoms with Crippen LogP contribution >= 0.6 is 0 Å². The average Bonchev–Trinajstić information content (AvgIpc) is 2.16. The molecule has 1 aliphatic rings. The van der Waals surface area contributed by atoms with Crippen LogP contribution in [-0.2, 0) is 0 Å². The topological polar surface area (TPSA) is 12.0 Å². The molecule has 1 heteroatoms. The molecule has 1 aliphatic carbocycles. The molecule has 1 nitrogen and oxygen atoms in total. The lowest BCUT2D eigenvalue weighted by atomic mass is 9.71. The highest BCUT2D eigenvalue weighted by atomic mass is 14.9. The van der Waals surface area contributed by atoms with Crippen LogP contribution < -0.4 is 5.32 Å². The highest BCUT2D eigenvalue weighted by Gasteiger charge is 2.30. The molecule has 0 amide bonds. The van der Waals surface area contributed by atoms with Gasteiger partial charge < -0.3 is 5.32 Å². The van der Waals surface area contributed by atoms with Crippen LogP contribution in [0.15, 0.2) is 11.6 Å². The SMILES string of the molecule is CCNC(C=C(C)C)C1CCC(C)(C)CC1. The van der Waals surface area contributed by atoms with E-state index in [0.717, 1.165) is 12.5 Å². The first kappa shape index (κ1) is 13.8. The van der Waals surface area contributed by atoms with E-state index in [1.807, 2.05) is 0 Å². The van der Waals surface area contributed by atoms with Crippen molar-refractivity contribution in [1.29, 1.82) is 0 Å². The summed E-state index contributed by atoms with van der Waals surface area (Å²) in [4.78, 5) is 0. The Morgan fingerprint density at radius 3 is 2.31 bits per heavy atom. The van der Waals surface area contributed by atoms with E-state index in [1.54, 1.807) is 0 Å². The number of hydrogen-bond acceptors (Lipinski definition) is 1. The molecule has 1 unspecified atom stereocenters. The van der Waals surface area contributed by atoms with Gasteiger partial charge >= 0.3 is 0 Å². The third kappa shape index (κ3) is 4.29. The van der Waals surface area contributed by atoms with Crippen molar-refractivity contribution in [3.8, 4) is 0 Å². The smallest absolute Gasteiger partial charge is 0.0280 e.